The van der Waals surface area contributed by atoms with E-state index in [1.165, 1.54) is 22.7 Å². The van der Waals surface area contributed by atoms with E-state index in [-0.39, 0.29) is 0 Å². The highest BCUT2D eigenvalue weighted by Crippen LogP contribution is 2.19. The maximum absolute atomic E-state index is 3.47. The van der Waals surface area contributed by atoms with Crippen LogP contribution in [0.5, 0.6) is 0 Å². The van der Waals surface area contributed by atoms with Gasteiger partial charge >= 0.3 is 0 Å². The minimum absolute atomic E-state index is 0.558. The molecule has 0 unspecified atom stereocenters. The number of nitrogens with one attached hydrogen (secondary N) is 1. The first-order chi connectivity index (χ1) is 8.52. The van der Waals surface area contributed by atoms with Crippen molar-refractivity contribution >= 4 is 11.3 Å². The summed E-state index contributed by atoms with van der Waals surface area (Å²) >= 11 is 1.94. The summed E-state index contributed by atoms with van der Waals surface area (Å²) in [5.41, 5.74) is 0. The number of rotatable bonds is 8. The molecular weight excluding hydrogens is 240 g/mol. The van der Waals surface area contributed by atoms with Crippen LogP contribution in [0, 0.1) is 0 Å². The van der Waals surface area contributed by atoms with Crippen molar-refractivity contribution in [3.63, 3.8) is 0 Å². The highest BCUT2D eigenvalue weighted by atomic mass is 32.1. The van der Waals surface area contributed by atoms with Gasteiger partial charge in [-0.15, -0.1) is 11.3 Å². The summed E-state index contributed by atoms with van der Waals surface area (Å²) in [6.45, 7) is 14.5. The van der Waals surface area contributed by atoms with Gasteiger partial charge in [0, 0.05) is 34.9 Å². The second kappa shape index (κ2) is 7.93. The van der Waals surface area contributed by atoms with Gasteiger partial charge in [-0.2, -0.15) is 0 Å². The molecule has 0 amide bonds. The smallest absolute Gasteiger partial charge is 0.0330 e. The van der Waals surface area contributed by atoms with Crippen molar-refractivity contribution < 1.29 is 0 Å². The van der Waals surface area contributed by atoms with E-state index in [1.54, 1.807) is 0 Å². The molecular formula is C15H28N2S. The Morgan fingerprint density at radius 3 is 2.39 bits per heavy atom. The molecule has 1 heterocycles. The van der Waals surface area contributed by atoms with Gasteiger partial charge in [0.25, 0.3) is 0 Å². The Bertz CT molecular complexity index is 331. The predicted molar refractivity (Wildman–Crippen MR) is 82.1 cm³/mol. The van der Waals surface area contributed by atoms with Crippen LogP contribution in [-0.4, -0.2) is 23.5 Å². The van der Waals surface area contributed by atoms with Crippen LogP contribution in [0.3, 0.4) is 0 Å². The maximum Gasteiger partial charge on any atom is 0.0330 e. The molecule has 2 nitrogen and oxygen atoms in total. The summed E-state index contributed by atoms with van der Waals surface area (Å²) in [7, 11) is 0. The minimum Gasteiger partial charge on any atom is -0.310 e. The Morgan fingerprint density at radius 2 is 1.83 bits per heavy atom. The molecule has 0 aliphatic carbocycles. The normalized spacial score (nSPS) is 12.0. The molecule has 1 aromatic rings. The van der Waals surface area contributed by atoms with Gasteiger partial charge in [0.15, 0.2) is 0 Å². The lowest BCUT2D eigenvalue weighted by atomic mass is 10.2. The van der Waals surface area contributed by atoms with Crippen molar-refractivity contribution in [2.24, 2.45) is 0 Å². The number of hydrogen-bond donors (Lipinski definition) is 1. The van der Waals surface area contributed by atoms with E-state index in [1.807, 2.05) is 11.3 Å². The van der Waals surface area contributed by atoms with Gasteiger partial charge in [-0.1, -0.05) is 20.8 Å². The van der Waals surface area contributed by atoms with Crippen LogP contribution in [0.2, 0.25) is 0 Å². The number of hydrogen-bond acceptors (Lipinski definition) is 3. The minimum atomic E-state index is 0.558. The second-order valence-electron chi connectivity index (χ2n) is 5.47. The lowest BCUT2D eigenvalue weighted by molar-refractivity contribution is 0.215. The molecule has 0 spiro atoms. The van der Waals surface area contributed by atoms with Crippen molar-refractivity contribution in [2.45, 2.75) is 66.2 Å². The van der Waals surface area contributed by atoms with Crippen molar-refractivity contribution in [1.29, 1.82) is 0 Å². The summed E-state index contributed by atoms with van der Waals surface area (Å²) in [6.07, 6.45) is 1.23. The molecule has 104 valence electrons. The third-order valence-corrected chi connectivity index (χ3v) is 4.07. The Kier molecular flexibility index (Phi) is 6.90. The summed E-state index contributed by atoms with van der Waals surface area (Å²) in [5.74, 6) is 0. The first kappa shape index (κ1) is 15.7. The maximum atomic E-state index is 3.47. The molecule has 0 atom stereocenters. The first-order valence-electron chi connectivity index (χ1n) is 7.08. The Morgan fingerprint density at radius 1 is 1.17 bits per heavy atom. The van der Waals surface area contributed by atoms with E-state index in [9.17, 15) is 0 Å². The van der Waals surface area contributed by atoms with Gasteiger partial charge in [0.2, 0.25) is 0 Å². The molecule has 1 aromatic heterocycles. The molecule has 0 bridgehead atoms. The molecule has 1 rings (SSSR count). The van der Waals surface area contributed by atoms with Gasteiger partial charge in [0.05, 0.1) is 0 Å². The fraction of sp³-hybridized carbons (Fsp3) is 0.733. The Labute approximate surface area is 116 Å². The number of nitrogens with zero attached hydrogens (tertiary/aromatic N) is 1. The lowest BCUT2D eigenvalue weighted by Gasteiger charge is -2.25. The highest BCUT2D eigenvalue weighted by molar-refractivity contribution is 7.11. The molecule has 0 fully saturated rings. The van der Waals surface area contributed by atoms with E-state index in [0.717, 1.165) is 13.1 Å². The van der Waals surface area contributed by atoms with Crippen LogP contribution in [0.25, 0.3) is 0 Å². The third kappa shape index (κ3) is 5.51. The number of thiophene rings is 1. The van der Waals surface area contributed by atoms with E-state index in [2.05, 4.69) is 57.0 Å². The highest BCUT2D eigenvalue weighted by Gasteiger charge is 2.10. The third-order valence-electron chi connectivity index (χ3n) is 3.00. The average Bonchev–Trinajstić information content (AvgIpc) is 2.73. The molecule has 0 saturated heterocycles. The SMILES string of the molecule is CCCN(Cc1ccc(CNC(C)C)s1)C(C)C. The monoisotopic (exact) mass is 268 g/mol. The quantitative estimate of drug-likeness (QED) is 0.770. The van der Waals surface area contributed by atoms with Gasteiger partial charge in [-0.25, -0.2) is 0 Å². The second-order valence-corrected chi connectivity index (χ2v) is 6.72. The van der Waals surface area contributed by atoms with Gasteiger partial charge in [0.1, 0.15) is 0 Å². The summed E-state index contributed by atoms with van der Waals surface area (Å²) in [5, 5.41) is 3.47. The molecule has 0 saturated carbocycles. The van der Waals surface area contributed by atoms with Crippen molar-refractivity contribution in [3.8, 4) is 0 Å². The van der Waals surface area contributed by atoms with Crippen molar-refractivity contribution in [1.82, 2.24) is 10.2 Å². The average molecular weight is 268 g/mol. The standard InChI is InChI=1S/C15H28N2S/c1-6-9-17(13(4)5)11-15-8-7-14(18-15)10-16-12(2)3/h7-8,12-13,16H,6,9-11H2,1-5H3. The predicted octanol–water partition coefficient (Wildman–Crippen LogP) is 3.87. The van der Waals surface area contributed by atoms with E-state index in [0.29, 0.717) is 12.1 Å². The van der Waals surface area contributed by atoms with Crippen LogP contribution >= 0.6 is 11.3 Å². The fourth-order valence-electron chi connectivity index (χ4n) is 1.91. The first-order valence-corrected chi connectivity index (χ1v) is 7.89. The molecule has 0 radical (unpaired) electrons. The van der Waals surface area contributed by atoms with Crippen LogP contribution in [0.15, 0.2) is 12.1 Å². The van der Waals surface area contributed by atoms with Crippen LogP contribution in [0.4, 0.5) is 0 Å². The molecule has 0 aliphatic heterocycles. The Hall–Kier alpha value is -0.380. The van der Waals surface area contributed by atoms with Gasteiger partial charge < -0.3 is 5.32 Å². The zero-order chi connectivity index (χ0) is 13.5. The van der Waals surface area contributed by atoms with Crippen molar-refractivity contribution in [2.75, 3.05) is 6.54 Å². The van der Waals surface area contributed by atoms with E-state index < -0.39 is 0 Å². The summed E-state index contributed by atoms with van der Waals surface area (Å²) < 4.78 is 0. The molecule has 1 N–H and O–H groups in total. The zero-order valence-electron chi connectivity index (χ0n) is 12.5. The van der Waals surface area contributed by atoms with Crippen LogP contribution in [-0.2, 0) is 13.1 Å². The lowest BCUT2D eigenvalue weighted by Crippen LogP contribution is -2.30. The van der Waals surface area contributed by atoms with Crippen LogP contribution in [0.1, 0.15) is 50.8 Å². The summed E-state index contributed by atoms with van der Waals surface area (Å²) in [6, 6.07) is 5.74. The van der Waals surface area contributed by atoms with E-state index >= 15 is 0 Å². The topological polar surface area (TPSA) is 15.3 Å². The Balaban J connectivity index is 2.51. The molecule has 3 heteroatoms. The van der Waals surface area contributed by atoms with Gasteiger partial charge in [-0.05, 0) is 38.9 Å². The van der Waals surface area contributed by atoms with Crippen molar-refractivity contribution in [3.05, 3.63) is 21.9 Å². The molecule has 0 aromatic carbocycles. The van der Waals surface area contributed by atoms with Crippen LogP contribution < -0.4 is 5.32 Å². The zero-order valence-corrected chi connectivity index (χ0v) is 13.3. The fourth-order valence-corrected chi connectivity index (χ4v) is 2.91. The van der Waals surface area contributed by atoms with E-state index in [4.69, 9.17) is 0 Å². The van der Waals surface area contributed by atoms with Gasteiger partial charge in [-0.3, -0.25) is 4.90 Å². The largest absolute Gasteiger partial charge is 0.310 e. The molecule has 0 aliphatic rings. The molecule has 18 heavy (non-hydrogen) atoms. The summed E-state index contributed by atoms with van der Waals surface area (Å²) in [4.78, 5) is 5.47.